The van der Waals surface area contributed by atoms with Crippen LogP contribution in [0.2, 0.25) is 0 Å². The van der Waals surface area contributed by atoms with Crippen LogP contribution in [0.5, 0.6) is 0 Å². The number of aliphatic hydroxyl groups is 1. The lowest BCUT2D eigenvalue weighted by Gasteiger charge is -2.32. The van der Waals surface area contributed by atoms with Crippen LogP contribution in [0.1, 0.15) is 44.6 Å². The normalized spacial score (nSPS) is 20.6. The van der Waals surface area contributed by atoms with Gasteiger partial charge in [-0.15, -0.1) is 0 Å². The molecule has 2 nitrogen and oxygen atoms in total. The van der Waals surface area contributed by atoms with Crippen molar-refractivity contribution in [2.75, 3.05) is 0 Å². The Morgan fingerprint density at radius 1 is 1.17 bits per heavy atom. The molecule has 0 saturated heterocycles. The topological polar surface area (TPSA) is 29.5 Å². The van der Waals surface area contributed by atoms with Gasteiger partial charge in [0, 0.05) is 0 Å². The monoisotopic (exact) mass is 248 g/mol. The van der Waals surface area contributed by atoms with Crippen LogP contribution in [-0.2, 0) is 11.3 Å². The minimum atomic E-state index is -0.378. The third kappa shape index (κ3) is 3.82. The summed E-state index contributed by atoms with van der Waals surface area (Å²) in [5.74, 6) is 0.530. The molecule has 0 heterocycles. The number of hydrogen-bond acceptors (Lipinski definition) is 2. The summed E-state index contributed by atoms with van der Waals surface area (Å²) in [5.41, 5.74) is 1.18. The van der Waals surface area contributed by atoms with Gasteiger partial charge in [0.1, 0.15) is 0 Å². The Bertz CT molecular complexity index is 328. The minimum Gasteiger partial charge on any atom is -0.391 e. The summed E-state index contributed by atoms with van der Waals surface area (Å²) >= 11 is 0. The summed E-state index contributed by atoms with van der Waals surface area (Å²) < 4.78 is 5.98. The zero-order valence-corrected chi connectivity index (χ0v) is 11.2. The molecule has 0 aromatic heterocycles. The van der Waals surface area contributed by atoms with E-state index in [-0.39, 0.29) is 12.2 Å². The van der Waals surface area contributed by atoms with Crippen molar-refractivity contribution in [2.24, 2.45) is 5.92 Å². The third-order valence-electron chi connectivity index (χ3n) is 3.88. The second kappa shape index (κ2) is 6.91. The van der Waals surface area contributed by atoms with Crippen LogP contribution in [0, 0.1) is 5.92 Å². The first kappa shape index (κ1) is 13.6. The van der Waals surface area contributed by atoms with Gasteiger partial charge >= 0.3 is 0 Å². The fourth-order valence-electron chi connectivity index (χ4n) is 2.90. The molecule has 1 aliphatic carbocycles. The summed E-state index contributed by atoms with van der Waals surface area (Å²) in [4.78, 5) is 0. The zero-order valence-electron chi connectivity index (χ0n) is 11.2. The SMILES string of the molecule is C[C@@H](O)[C@H](OCc1ccccc1)C1CCCCC1. The van der Waals surface area contributed by atoms with Gasteiger partial charge < -0.3 is 9.84 Å². The van der Waals surface area contributed by atoms with Crippen molar-refractivity contribution in [3.8, 4) is 0 Å². The molecule has 2 rings (SSSR count). The third-order valence-corrected chi connectivity index (χ3v) is 3.88. The summed E-state index contributed by atoms with van der Waals surface area (Å²) in [6, 6.07) is 10.2. The Balaban J connectivity index is 1.90. The zero-order chi connectivity index (χ0) is 12.8. The predicted molar refractivity (Wildman–Crippen MR) is 73.3 cm³/mol. The van der Waals surface area contributed by atoms with Gasteiger partial charge in [0.05, 0.1) is 18.8 Å². The van der Waals surface area contributed by atoms with Crippen molar-refractivity contribution in [3.05, 3.63) is 35.9 Å². The number of rotatable bonds is 5. The molecule has 0 radical (unpaired) electrons. The van der Waals surface area contributed by atoms with Crippen molar-refractivity contribution in [1.29, 1.82) is 0 Å². The molecule has 0 bridgehead atoms. The van der Waals surface area contributed by atoms with Crippen LogP contribution in [-0.4, -0.2) is 17.3 Å². The Morgan fingerprint density at radius 3 is 2.44 bits per heavy atom. The van der Waals surface area contributed by atoms with Gasteiger partial charge in [0.2, 0.25) is 0 Å². The molecular weight excluding hydrogens is 224 g/mol. The average molecular weight is 248 g/mol. The fraction of sp³-hybridized carbons (Fsp3) is 0.625. The van der Waals surface area contributed by atoms with E-state index in [4.69, 9.17) is 4.74 Å². The van der Waals surface area contributed by atoms with Crippen LogP contribution in [0.25, 0.3) is 0 Å². The van der Waals surface area contributed by atoms with Gasteiger partial charge in [0.15, 0.2) is 0 Å². The molecule has 0 spiro atoms. The quantitative estimate of drug-likeness (QED) is 0.863. The van der Waals surface area contributed by atoms with Crippen LogP contribution >= 0.6 is 0 Å². The van der Waals surface area contributed by atoms with Gasteiger partial charge in [-0.2, -0.15) is 0 Å². The van der Waals surface area contributed by atoms with Crippen LogP contribution in [0.3, 0.4) is 0 Å². The first-order valence-corrected chi connectivity index (χ1v) is 7.11. The van der Waals surface area contributed by atoms with Gasteiger partial charge in [-0.25, -0.2) is 0 Å². The summed E-state index contributed by atoms with van der Waals surface area (Å²) in [6.07, 6.45) is 5.91. The number of hydrogen-bond donors (Lipinski definition) is 1. The molecule has 2 atom stereocenters. The van der Waals surface area contributed by atoms with E-state index in [1.807, 2.05) is 25.1 Å². The fourth-order valence-corrected chi connectivity index (χ4v) is 2.90. The lowest BCUT2D eigenvalue weighted by molar-refractivity contribution is -0.0771. The maximum Gasteiger partial charge on any atom is 0.0863 e. The standard InChI is InChI=1S/C16H24O2/c1-13(17)16(15-10-6-3-7-11-15)18-12-14-8-4-2-5-9-14/h2,4-5,8-9,13,15-17H,3,6-7,10-12H2,1H3/t13-,16+/m1/s1. The highest BCUT2D eigenvalue weighted by Gasteiger charge is 2.27. The first-order chi connectivity index (χ1) is 8.77. The van der Waals surface area contributed by atoms with E-state index < -0.39 is 0 Å². The molecular formula is C16H24O2. The van der Waals surface area contributed by atoms with Crippen LogP contribution in [0.4, 0.5) is 0 Å². The molecule has 1 saturated carbocycles. The molecule has 0 unspecified atom stereocenters. The Hall–Kier alpha value is -0.860. The predicted octanol–water partition coefficient (Wildman–Crippen LogP) is 3.53. The van der Waals surface area contributed by atoms with Crippen molar-refractivity contribution >= 4 is 0 Å². The summed E-state index contributed by atoms with van der Waals surface area (Å²) in [6.45, 7) is 2.46. The van der Waals surface area contributed by atoms with Crippen molar-refractivity contribution in [1.82, 2.24) is 0 Å². The van der Waals surface area contributed by atoms with Gasteiger partial charge in [-0.05, 0) is 31.2 Å². The largest absolute Gasteiger partial charge is 0.391 e. The molecule has 18 heavy (non-hydrogen) atoms. The Morgan fingerprint density at radius 2 is 1.83 bits per heavy atom. The maximum absolute atomic E-state index is 9.92. The minimum absolute atomic E-state index is 0.00879. The molecule has 0 amide bonds. The molecule has 1 aromatic carbocycles. The van der Waals surface area contributed by atoms with E-state index in [0.717, 1.165) is 0 Å². The van der Waals surface area contributed by atoms with Gasteiger partial charge in [-0.3, -0.25) is 0 Å². The van der Waals surface area contributed by atoms with Crippen molar-refractivity contribution in [3.63, 3.8) is 0 Å². The highest BCUT2D eigenvalue weighted by molar-refractivity contribution is 5.13. The van der Waals surface area contributed by atoms with E-state index in [1.165, 1.54) is 37.7 Å². The Labute approximate surface area is 110 Å². The molecule has 100 valence electrons. The molecule has 1 aromatic rings. The average Bonchev–Trinajstić information content (AvgIpc) is 2.41. The van der Waals surface area contributed by atoms with E-state index in [0.29, 0.717) is 12.5 Å². The maximum atomic E-state index is 9.92. The Kier molecular flexibility index (Phi) is 5.21. The number of aliphatic hydroxyl groups excluding tert-OH is 1. The lowest BCUT2D eigenvalue weighted by atomic mass is 9.83. The smallest absolute Gasteiger partial charge is 0.0863 e. The molecule has 2 heteroatoms. The van der Waals surface area contributed by atoms with Crippen molar-refractivity contribution in [2.45, 2.75) is 57.8 Å². The molecule has 1 aliphatic rings. The van der Waals surface area contributed by atoms with E-state index >= 15 is 0 Å². The first-order valence-electron chi connectivity index (χ1n) is 7.11. The van der Waals surface area contributed by atoms with Gasteiger partial charge in [-0.1, -0.05) is 49.6 Å². The number of benzene rings is 1. The van der Waals surface area contributed by atoms with Crippen molar-refractivity contribution < 1.29 is 9.84 Å². The summed E-state index contributed by atoms with van der Waals surface area (Å²) in [7, 11) is 0. The molecule has 1 fully saturated rings. The van der Waals surface area contributed by atoms with E-state index in [9.17, 15) is 5.11 Å². The lowest BCUT2D eigenvalue weighted by Crippen LogP contribution is -2.35. The van der Waals surface area contributed by atoms with E-state index in [1.54, 1.807) is 0 Å². The van der Waals surface area contributed by atoms with Crippen LogP contribution < -0.4 is 0 Å². The van der Waals surface area contributed by atoms with E-state index in [2.05, 4.69) is 12.1 Å². The summed E-state index contributed by atoms with van der Waals surface area (Å²) in [5, 5.41) is 9.92. The molecule has 1 N–H and O–H groups in total. The molecule has 0 aliphatic heterocycles. The highest BCUT2D eigenvalue weighted by Crippen LogP contribution is 2.30. The highest BCUT2D eigenvalue weighted by atomic mass is 16.5. The number of ether oxygens (including phenoxy) is 1. The van der Waals surface area contributed by atoms with Crippen LogP contribution in [0.15, 0.2) is 30.3 Å². The van der Waals surface area contributed by atoms with Gasteiger partial charge in [0.25, 0.3) is 0 Å². The second-order valence-electron chi connectivity index (χ2n) is 5.40. The second-order valence-corrected chi connectivity index (χ2v) is 5.40.